The lowest BCUT2D eigenvalue weighted by molar-refractivity contribution is 0.0627. The number of carbonyl (C=O) groups is 1. The van der Waals surface area contributed by atoms with E-state index in [0.29, 0.717) is 47.2 Å². The van der Waals surface area contributed by atoms with Crippen LogP contribution >= 0.6 is 0 Å². The Morgan fingerprint density at radius 3 is 2.59 bits per heavy atom. The fourth-order valence-electron chi connectivity index (χ4n) is 4.47. The molecule has 0 unspecified atom stereocenters. The van der Waals surface area contributed by atoms with Crippen molar-refractivity contribution >= 4 is 5.91 Å². The molecule has 1 aliphatic carbocycles. The van der Waals surface area contributed by atoms with Crippen LogP contribution in [-0.2, 0) is 6.42 Å². The van der Waals surface area contributed by atoms with Crippen molar-refractivity contribution in [2.45, 2.75) is 32.2 Å². The van der Waals surface area contributed by atoms with E-state index in [-0.39, 0.29) is 23.5 Å². The summed E-state index contributed by atoms with van der Waals surface area (Å²) < 4.78 is 15.6. The zero-order valence-corrected chi connectivity index (χ0v) is 18.9. The van der Waals surface area contributed by atoms with Crippen LogP contribution in [0.15, 0.2) is 41.5 Å². The highest BCUT2D eigenvalue weighted by Crippen LogP contribution is 2.27. The molecule has 3 heterocycles. The Kier molecular flexibility index (Phi) is 5.75. The fraction of sp³-hybridized carbons (Fsp3) is 0.360. The average Bonchev–Trinajstić information content (AvgIpc) is 3.66. The van der Waals surface area contributed by atoms with Crippen molar-refractivity contribution in [3.63, 3.8) is 0 Å². The Labute approximate surface area is 196 Å². The van der Waals surface area contributed by atoms with E-state index in [0.717, 1.165) is 13.1 Å². The van der Waals surface area contributed by atoms with E-state index >= 15 is 0 Å². The number of nitrogens with one attached hydrogen (secondary N) is 1. The van der Waals surface area contributed by atoms with Gasteiger partial charge < -0.3 is 4.90 Å². The molecule has 1 saturated heterocycles. The number of benzene rings is 1. The maximum absolute atomic E-state index is 14.3. The largest absolute Gasteiger partial charge is 0.336 e. The molecule has 9 heteroatoms. The van der Waals surface area contributed by atoms with Gasteiger partial charge in [0.05, 0.1) is 11.1 Å². The molecule has 2 aliphatic rings. The number of hydrogen-bond acceptors (Lipinski definition) is 5. The first kappa shape index (κ1) is 22.0. The summed E-state index contributed by atoms with van der Waals surface area (Å²) in [6, 6.07) is 8.94. The summed E-state index contributed by atoms with van der Waals surface area (Å²) in [6.07, 6.45) is 5.82. The van der Waals surface area contributed by atoms with Gasteiger partial charge in [-0.1, -0.05) is 6.07 Å². The first-order valence-corrected chi connectivity index (χ1v) is 11.4. The summed E-state index contributed by atoms with van der Waals surface area (Å²) >= 11 is 0. The molecule has 5 rings (SSSR count). The molecular weight excluding hydrogens is 435 g/mol. The Bertz CT molecular complexity index is 1320. The van der Waals surface area contributed by atoms with Gasteiger partial charge in [0.2, 0.25) is 0 Å². The van der Waals surface area contributed by atoms with Gasteiger partial charge in [0.25, 0.3) is 11.5 Å². The monoisotopic (exact) mass is 460 g/mol. The maximum atomic E-state index is 14.3. The Balaban J connectivity index is 1.29. The summed E-state index contributed by atoms with van der Waals surface area (Å²) in [5.41, 5.74) is 1.61. The second kappa shape index (κ2) is 8.88. The fourth-order valence-corrected chi connectivity index (χ4v) is 4.47. The molecular formula is C25H25FN6O2. The van der Waals surface area contributed by atoms with E-state index < -0.39 is 5.82 Å². The number of piperazine rings is 1. The molecule has 1 amide bonds. The number of pyridine rings is 1. The lowest BCUT2D eigenvalue weighted by atomic mass is 9.99. The van der Waals surface area contributed by atoms with Crippen molar-refractivity contribution in [3.05, 3.63) is 80.6 Å². The van der Waals surface area contributed by atoms with E-state index in [1.54, 1.807) is 31.3 Å². The number of carbonyl (C=O) groups excluding carboxylic acids is 1. The smallest absolute Gasteiger partial charge is 0.276 e. The van der Waals surface area contributed by atoms with Crippen LogP contribution in [0.25, 0.3) is 5.82 Å². The molecule has 1 N–H and O–H groups in total. The van der Waals surface area contributed by atoms with Crippen LogP contribution < -0.4 is 5.56 Å². The minimum Gasteiger partial charge on any atom is -0.336 e. The second-order valence-electron chi connectivity index (χ2n) is 8.90. The van der Waals surface area contributed by atoms with Gasteiger partial charge in [-0.15, -0.1) is 0 Å². The van der Waals surface area contributed by atoms with Crippen LogP contribution in [0, 0.1) is 24.1 Å². The van der Waals surface area contributed by atoms with Crippen LogP contribution in [0.3, 0.4) is 0 Å². The standard InChI is InChI=1S/C25H25FN6O2/c1-16-17(2-3-18(13-27)23(16)26)12-20-15-29-32(25(20)34)22-7-4-19(14-28-22)24(33)31-10-8-30(9-11-31)21-5-6-21/h2-4,7,14-15,21,29H,5-6,8-12H2,1H3. The quantitative estimate of drug-likeness (QED) is 0.631. The number of rotatable bonds is 5. The third-order valence-electron chi connectivity index (χ3n) is 6.73. The Morgan fingerprint density at radius 1 is 1.18 bits per heavy atom. The van der Waals surface area contributed by atoms with Gasteiger partial charge in [0, 0.05) is 56.6 Å². The van der Waals surface area contributed by atoms with E-state index in [4.69, 9.17) is 5.26 Å². The lowest BCUT2D eigenvalue weighted by Gasteiger charge is -2.34. The summed E-state index contributed by atoms with van der Waals surface area (Å²) in [7, 11) is 0. The molecule has 0 bridgehead atoms. The normalized spacial score (nSPS) is 16.4. The molecule has 174 valence electrons. The number of amides is 1. The van der Waals surface area contributed by atoms with Crippen molar-refractivity contribution in [2.75, 3.05) is 26.2 Å². The van der Waals surface area contributed by atoms with E-state index in [2.05, 4.69) is 15.0 Å². The topological polar surface area (TPSA) is 98.0 Å². The number of aromatic amines is 1. The van der Waals surface area contributed by atoms with Gasteiger partial charge in [-0.2, -0.15) is 5.26 Å². The number of hydrogen-bond donors (Lipinski definition) is 1. The SMILES string of the molecule is Cc1c(Cc2c[nH]n(-c3ccc(C(=O)N4CCN(C5CC5)CC4)cn3)c2=O)ccc(C#N)c1F. The predicted molar refractivity (Wildman–Crippen MR) is 123 cm³/mol. The molecule has 1 aliphatic heterocycles. The van der Waals surface area contributed by atoms with Gasteiger partial charge in [-0.05, 0) is 49.1 Å². The molecule has 2 fully saturated rings. The highest BCUT2D eigenvalue weighted by atomic mass is 19.1. The van der Waals surface area contributed by atoms with Crippen LogP contribution in [0.4, 0.5) is 4.39 Å². The summed E-state index contributed by atoms with van der Waals surface area (Å²) in [6.45, 7) is 4.84. The second-order valence-corrected chi connectivity index (χ2v) is 8.90. The zero-order chi connectivity index (χ0) is 23.8. The van der Waals surface area contributed by atoms with Crippen LogP contribution in [0.2, 0.25) is 0 Å². The van der Waals surface area contributed by atoms with Gasteiger partial charge >= 0.3 is 0 Å². The molecule has 8 nitrogen and oxygen atoms in total. The minimum atomic E-state index is -0.563. The molecule has 3 aromatic rings. The van der Waals surface area contributed by atoms with Crippen LogP contribution in [-0.4, -0.2) is 62.7 Å². The first-order chi connectivity index (χ1) is 16.5. The Hall–Kier alpha value is -3.77. The van der Waals surface area contributed by atoms with Crippen molar-refractivity contribution in [1.82, 2.24) is 24.6 Å². The van der Waals surface area contributed by atoms with Crippen LogP contribution in [0.5, 0.6) is 0 Å². The number of halogens is 1. The number of nitriles is 1. The molecule has 0 atom stereocenters. The number of H-pyrrole nitrogens is 1. The summed E-state index contributed by atoms with van der Waals surface area (Å²) in [5, 5.41) is 11.9. The highest BCUT2D eigenvalue weighted by molar-refractivity contribution is 5.94. The minimum absolute atomic E-state index is 0.0173. The summed E-state index contributed by atoms with van der Waals surface area (Å²) in [5.74, 6) is -0.242. The molecule has 2 aromatic heterocycles. The van der Waals surface area contributed by atoms with Crippen molar-refractivity contribution in [2.24, 2.45) is 0 Å². The van der Waals surface area contributed by atoms with Gasteiger partial charge in [-0.3, -0.25) is 19.6 Å². The van der Waals surface area contributed by atoms with Gasteiger partial charge in [0.1, 0.15) is 11.9 Å². The number of nitrogens with zero attached hydrogens (tertiary/aromatic N) is 5. The van der Waals surface area contributed by atoms with Crippen molar-refractivity contribution in [3.8, 4) is 11.9 Å². The molecule has 34 heavy (non-hydrogen) atoms. The molecule has 1 aromatic carbocycles. The van der Waals surface area contributed by atoms with E-state index in [1.165, 1.54) is 29.8 Å². The molecule has 1 saturated carbocycles. The average molecular weight is 461 g/mol. The van der Waals surface area contributed by atoms with Gasteiger partial charge in [-0.25, -0.2) is 14.1 Å². The Morgan fingerprint density at radius 2 is 1.94 bits per heavy atom. The maximum Gasteiger partial charge on any atom is 0.276 e. The third-order valence-corrected chi connectivity index (χ3v) is 6.73. The van der Waals surface area contributed by atoms with Gasteiger partial charge in [0.15, 0.2) is 5.82 Å². The van der Waals surface area contributed by atoms with Crippen molar-refractivity contribution in [1.29, 1.82) is 5.26 Å². The highest BCUT2D eigenvalue weighted by Gasteiger charge is 2.32. The first-order valence-electron chi connectivity index (χ1n) is 11.4. The lowest BCUT2D eigenvalue weighted by Crippen LogP contribution is -2.49. The molecule has 0 spiro atoms. The summed E-state index contributed by atoms with van der Waals surface area (Å²) in [4.78, 5) is 34.4. The number of aromatic nitrogens is 3. The van der Waals surface area contributed by atoms with Crippen LogP contribution in [0.1, 0.15) is 45.5 Å². The zero-order valence-electron chi connectivity index (χ0n) is 18.9. The van der Waals surface area contributed by atoms with E-state index in [9.17, 15) is 14.0 Å². The van der Waals surface area contributed by atoms with Crippen molar-refractivity contribution < 1.29 is 9.18 Å². The van der Waals surface area contributed by atoms with E-state index in [1.807, 2.05) is 11.0 Å². The molecule has 0 radical (unpaired) electrons. The predicted octanol–water partition coefficient (Wildman–Crippen LogP) is 2.39. The third kappa shape index (κ3) is 4.13.